The van der Waals surface area contributed by atoms with E-state index in [4.69, 9.17) is 9.47 Å². The monoisotopic (exact) mass is 289 g/mol. The van der Waals surface area contributed by atoms with Crippen molar-refractivity contribution < 1.29 is 9.47 Å². The van der Waals surface area contributed by atoms with Crippen LogP contribution in [0.25, 0.3) is 0 Å². The Kier molecular flexibility index (Phi) is 4.39. The lowest BCUT2D eigenvalue weighted by Gasteiger charge is -2.25. The molecule has 1 N–H and O–H groups in total. The summed E-state index contributed by atoms with van der Waals surface area (Å²) >= 11 is 0. The van der Waals surface area contributed by atoms with E-state index in [1.54, 1.807) is 0 Å². The van der Waals surface area contributed by atoms with Crippen LogP contribution in [0.3, 0.4) is 0 Å². The standard InChI is InChI=1S/C18H27NO2/c1-4-20-16-7-6-12(11-17(16)21-5-2)18(19-3)15-9-13-8-14(13)10-15/h6-7,11,13-15,18-19H,4-5,8-10H2,1-3H3. The number of hydrogen-bond donors (Lipinski definition) is 1. The van der Waals surface area contributed by atoms with Crippen molar-refractivity contribution in [2.75, 3.05) is 20.3 Å². The first kappa shape index (κ1) is 14.7. The minimum absolute atomic E-state index is 0.438. The molecule has 3 heteroatoms. The van der Waals surface area contributed by atoms with Crippen molar-refractivity contribution >= 4 is 0 Å². The normalized spacial score (nSPS) is 28.0. The van der Waals surface area contributed by atoms with Gasteiger partial charge in [0.1, 0.15) is 0 Å². The minimum Gasteiger partial charge on any atom is -0.490 e. The predicted molar refractivity (Wildman–Crippen MR) is 84.9 cm³/mol. The first-order valence-electron chi connectivity index (χ1n) is 8.33. The van der Waals surface area contributed by atoms with Gasteiger partial charge in [-0.05, 0) is 75.6 Å². The Hall–Kier alpha value is -1.22. The Labute approximate surface area is 128 Å². The van der Waals surface area contributed by atoms with Crippen LogP contribution in [0.15, 0.2) is 18.2 Å². The molecule has 21 heavy (non-hydrogen) atoms. The van der Waals surface area contributed by atoms with Gasteiger partial charge in [-0.25, -0.2) is 0 Å². The molecule has 2 aliphatic carbocycles. The SMILES string of the molecule is CCOc1ccc(C(NC)C2CC3CC3C2)cc1OCC. The fraction of sp³-hybridized carbons (Fsp3) is 0.667. The summed E-state index contributed by atoms with van der Waals surface area (Å²) in [6.45, 7) is 5.36. The third kappa shape index (κ3) is 3.03. The molecule has 0 aromatic heterocycles. The van der Waals surface area contributed by atoms with Crippen molar-refractivity contribution in [1.82, 2.24) is 5.32 Å². The average molecular weight is 289 g/mol. The molecule has 1 aromatic carbocycles. The van der Waals surface area contributed by atoms with Gasteiger partial charge in [-0.2, -0.15) is 0 Å². The Morgan fingerprint density at radius 3 is 2.33 bits per heavy atom. The van der Waals surface area contributed by atoms with Crippen LogP contribution in [0.1, 0.15) is 44.7 Å². The molecule has 0 aliphatic heterocycles. The van der Waals surface area contributed by atoms with E-state index in [2.05, 4.69) is 30.6 Å². The number of rotatable bonds is 7. The van der Waals surface area contributed by atoms with Crippen LogP contribution in [0.5, 0.6) is 11.5 Å². The molecular weight excluding hydrogens is 262 g/mol. The highest BCUT2D eigenvalue weighted by Gasteiger charge is 2.47. The van der Waals surface area contributed by atoms with Crippen molar-refractivity contribution in [3.8, 4) is 11.5 Å². The maximum absolute atomic E-state index is 5.76. The van der Waals surface area contributed by atoms with E-state index in [1.807, 2.05) is 13.8 Å². The molecule has 3 unspecified atom stereocenters. The third-order valence-corrected chi connectivity index (χ3v) is 4.99. The van der Waals surface area contributed by atoms with Crippen LogP contribution in [0.2, 0.25) is 0 Å². The van der Waals surface area contributed by atoms with Gasteiger partial charge in [-0.1, -0.05) is 6.07 Å². The van der Waals surface area contributed by atoms with Crippen LogP contribution in [-0.2, 0) is 0 Å². The topological polar surface area (TPSA) is 30.5 Å². The van der Waals surface area contributed by atoms with Gasteiger partial charge in [0.2, 0.25) is 0 Å². The maximum Gasteiger partial charge on any atom is 0.161 e. The number of nitrogens with one attached hydrogen (secondary N) is 1. The average Bonchev–Trinajstić information content (AvgIpc) is 3.09. The van der Waals surface area contributed by atoms with Crippen LogP contribution in [0, 0.1) is 17.8 Å². The van der Waals surface area contributed by atoms with Crippen molar-refractivity contribution in [3.63, 3.8) is 0 Å². The second-order valence-corrected chi connectivity index (χ2v) is 6.33. The van der Waals surface area contributed by atoms with Crippen molar-refractivity contribution in [3.05, 3.63) is 23.8 Å². The number of hydrogen-bond acceptors (Lipinski definition) is 3. The highest BCUT2D eigenvalue weighted by Crippen LogP contribution is 2.57. The lowest BCUT2D eigenvalue weighted by atomic mass is 9.89. The van der Waals surface area contributed by atoms with Crippen molar-refractivity contribution in [2.45, 2.75) is 39.2 Å². The summed E-state index contributed by atoms with van der Waals surface area (Å²) in [4.78, 5) is 0. The molecule has 0 bridgehead atoms. The second-order valence-electron chi connectivity index (χ2n) is 6.33. The largest absolute Gasteiger partial charge is 0.490 e. The molecule has 116 valence electrons. The summed E-state index contributed by atoms with van der Waals surface area (Å²) in [6.07, 6.45) is 4.24. The fourth-order valence-corrected chi connectivity index (χ4v) is 3.97. The Balaban J connectivity index is 1.80. The van der Waals surface area contributed by atoms with Crippen LogP contribution >= 0.6 is 0 Å². The van der Waals surface area contributed by atoms with Gasteiger partial charge in [0.25, 0.3) is 0 Å². The van der Waals surface area contributed by atoms with E-state index in [0.29, 0.717) is 19.3 Å². The molecule has 2 saturated carbocycles. The summed E-state index contributed by atoms with van der Waals surface area (Å²) in [6, 6.07) is 6.86. The molecule has 2 aliphatic rings. The molecule has 0 heterocycles. The fourth-order valence-electron chi connectivity index (χ4n) is 3.97. The zero-order chi connectivity index (χ0) is 14.8. The lowest BCUT2D eigenvalue weighted by Crippen LogP contribution is -2.24. The van der Waals surface area contributed by atoms with E-state index in [9.17, 15) is 0 Å². The first-order valence-corrected chi connectivity index (χ1v) is 8.33. The van der Waals surface area contributed by atoms with Gasteiger partial charge in [0.15, 0.2) is 11.5 Å². The van der Waals surface area contributed by atoms with E-state index >= 15 is 0 Å². The van der Waals surface area contributed by atoms with Crippen LogP contribution < -0.4 is 14.8 Å². The zero-order valence-corrected chi connectivity index (χ0v) is 13.4. The summed E-state index contributed by atoms with van der Waals surface area (Å²) < 4.78 is 11.4. The van der Waals surface area contributed by atoms with E-state index in [0.717, 1.165) is 29.3 Å². The Morgan fingerprint density at radius 2 is 1.71 bits per heavy atom. The Bertz CT molecular complexity index is 478. The number of fused-ring (bicyclic) bond motifs is 1. The van der Waals surface area contributed by atoms with Gasteiger partial charge in [-0.3, -0.25) is 0 Å². The van der Waals surface area contributed by atoms with Crippen molar-refractivity contribution in [2.24, 2.45) is 17.8 Å². The minimum atomic E-state index is 0.438. The highest BCUT2D eigenvalue weighted by atomic mass is 16.5. The quantitative estimate of drug-likeness (QED) is 0.828. The van der Waals surface area contributed by atoms with Crippen molar-refractivity contribution in [1.29, 1.82) is 0 Å². The third-order valence-electron chi connectivity index (χ3n) is 4.99. The number of ether oxygens (including phenoxy) is 2. The molecule has 0 radical (unpaired) electrons. The Morgan fingerprint density at radius 1 is 1.05 bits per heavy atom. The zero-order valence-electron chi connectivity index (χ0n) is 13.4. The maximum atomic E-state index is 5.76. The molecule has 2 fully saturated rings. The van der Waals surface area contributed by atoms with Gasteiger partial charge >= 0.3 is 0 Å². The van der Waals surface area contributed by atoms with E-state index < -0.39 is 0 Å². The molecule has 3 rings (SSSR count). The van der Waals surface area contributed by atoms with E-state index in [-0.39, 0.29) is 0 Å². The van der Waals surface area contributed by atoms with Gasteiger partial charge in [0, 0.05) is 6.04 Å². The van der Waals surface area contributed by atoms with E-state index in [1.165, 1.54) is 24.8 Å². The number of benzene rings is 1. The summed E-state index contributed by atoms with van der Waals surface area (Å²) in [5.41, 5.74) is 1.33. The molecular formula is C18H27NO2. The molecule has 1 aromatic rings. The molecule has 3 nitrogen and oxygen atoms in total. The van der Waals surface area contributed by atoms with Gasteiger partial charge < -0.3 is 14.8 Å². The molecule has 0 saturated heterocycles. The second kappa shape index (κ2) is 6.27. The smallest absolute Gasteiger partial charge is 0.161 e. The highest BCUT2D eigenvalue weighted by molar-refractivity contribution is 5.44. The van der Waals surface area contributed by atoms with Crippen LogP contribution in [0.4, 0.5) is 0 Å². The summed E-state index contributed by atoms with van der Waals surface area (Å²) in [7, 11) is 2.07. The summed E-state index contributed by atoms with van der Waals surface area (Å²) in [5.74, 6) is 4.53. The molecule has 3 atom stereocenters. The molecule has 0 amide bonds. The summed E-state index contributed by atoms with van der Waals surface area (Å²) in [5, 5.41) is 3.53. The van der Waals surface area contributed by atoms with Gasteiger partial charge in [0.05, 0.1) is 13.2 Å². The first-order chi connectivity index (χ1) is 10.3. The lowest BCUT2D eigenvalue weighted by molar-refractivity contribution is 0.286. The molecule has 0 spiro atoms. The predicted octanol–water partition coefficient (Wildman–Crippen LogP) is 3.79. The van der Waals surface area contributed by atoms with Crippen LogP contribution in [-0.4, -0.2) is 20.3 Å². The van der Waals surface area contributed by atoms with Gasteiger partial charge in [-0.15, -0.1) is 0 Å².